The highest BCUT2D eigenvalue weighted by Gasteiger charge is 2.26. The zero-order chi connectivity index (χ0) is 19.3. The van der Waals surface area contributed by atoms with Gasteiger partial charge in [0.2, 0.25) is 0 Å². The van der Waals surface area contributed by atoms with E-state index in [-0.39, 0.29) is 6.03 Å². The first-order valence-corrected chi connectivity index (χ1v) is 10.7. The van der Waals surface area contributed by atoms with E-state index in [1.54, 1.807) is 0 Å². The van der Waals surface area contributed by atoms with Crippen LogP contribution >= 0.6 is 0 Å². The minimum absolute atomic E-state index is 0.0505. The highest BCUT2D eigenvalue weighted by molar-refractivity contribution is 5.90. The maximum Gasteiger partial charge on any atom is 0.321 e. The van der Waals surface area contributed by atoms with E-state index in [1.807, 2.05) is 23.1 Å². The molecule has 4 heteroatoms. The second-order valence-corrected chi connectivity index (χ2v) is 8.15. The molecule has 2 aromatic rings. The monoisotopic (exact) mass is 377 g/mol. The van der Waals surface area contributed by atoms with Crippen molar-refractivity contribution in [2.24, 2.45) is 5.92 Å². The lowest BCUT2D eigenvalue weighted by molar-refractivity contribution is 0.140. The van der Waals surface area contributed by atoms with Crippen LogP contribution in [0, 0.1) is 5.92 Å². The van der Waals surface area contributed by atoms with E-state index >= 15 is 0 Å². The average molecular weight is 378 g/mol. The molecule has 4 nitrogen and oxygen atoms in total. The normalized spacial score (nSPS) is 19.9. The molecular formula is C24H31N3O. The number of hydrogen-bond donors (Lipinski definition) is 1. The van der Waals surface area contributed by atoms with Crippen LogP contribution < -0.4 is 5.32 Å². The van der Waals surface area contributed by atoms with E-state index < -0.39 is 0 Å². The molecular weight excluding hydrogens is 346 g/mol. The maximum atomic E-state index is 12.8. The summed E-state index contributed by atoms with van der Waals surface area (Å²) in [5, 5.41) is 3.14. The summed E-state index contributed by atoms with van der Waals surface area (Å²) in [6, 6.07) is 17.0. The number of fused-ring (bicyclic) bond motifs is 1. The molecule has 2 aliphatic rings. The van der Waals surface area contributed by atoms with Crippen molar-refractivity contribution in [1.29, 1.82) is 0 Å². The molecule has 2 aliphatic heterocycles. The molecule has 148 valence electrons. The Morgan fingerprint density at radius 3 is 2.71 bits per heavy atom. The molecule has 28 heavy (non-hydrogen) atoms. The van der Waals surface area contributed by atoms with Crippen LogP contribution in [0.25, 0.3) is 0 Å². The van der Waals surface area contributed by atoms with Gasteiger partial charge in [-0.3, -0.25) is 4.90 Å². The van der Waals surface area contributed by atoms with Crippen LogP contribution in [0.1, 0.15) is 36.5 Å². The zero-order valence-corrected chi connectivity index (χ0v) is 16.9. The summed E-state index contributed by atoms with van der Waals surface area (Å²) >= 11 is 0. The molecule has 1 N–H and O–H groups in total. The Bertz CT molecular complexity index is 819. The number of likely N-dealkylation sites (tertiary alicyclic amines) is 1. The fourth-order valence-electron chi connectivity index (χ4n) is 4.62. The Morgan fingerprint density at radius 2 is 1.86 bits per heavy atom. The Morgan fingerprint density at radius 1 is 1.07 bits per heavy atom. The number of nitrogens with one attached hydrogen (secondary N) is 1. The van der Waals surface area contributed by atoms with Gasteiger partial charge in [-0.2, -0.15) is 0 Å². The van der Waals surface area contributed by atoms with E-state index in [2.05, 4.69) is 47.5 Å². The minimum atomic E-state index is 0.0505. The number of rotatable bonds is 4. The van der Waals surface area contributed by atoms with Gasteiger partial charge >= 0.3 is 6.03 Å². The number of amides is 2. The molecule has 0 saturated carbocycles. The van der Waals surface area contributed by atoms with E-state index in [4.69, 9.17) is 0 Å². The molecule has 1 saturated heterocycles. The van der Waals surface area contributed by atoms with Crippen LogP contribution in [-0.2, 0) is 19.4 Å². The lowest BCUT2D eigenvalue weighted by Gasteiger charge is -2.37. The standard InChI is InChI=1S/C24H31N3O/c1-2-20-9-5-6-12-23(20)25-24(28)27-14-7-8-19(17-27)16-26-15-13-21-10-3-4-11-22(21)18-26/h3-6,9-12,19H,2,7-8,13-18H2,1H3,(H,25,28)/t19-/m1/s1. The van der Waals surface area contributed by atoms with Crippen LogP contribution in [-0.4, -0.2) is 42.0 Å². The van der Waals surface area contributed by atoms with Crippen molar-refractivity contribution in [3.63, 3.8) is 0 Å². The first-order chi connectivity index (χ1) is 13.7. The number of carbonyl (C=O) groups is 1. The van der Waals surface area contributed by atoms with E-state index in [0.29, 0.717) is 5.92 Å². The van der Waals surface area contributed by atoms with Gasteiger partial charge in [-0.1, -0.05) is 49.4 Å². The van der Waals surface area contributed by atoms with Gasteiger partial charge in [-0.15, -0.1) is 0 Å². The molecule has 0 aromatic heterocycles. The predicted molar refractivity (Wildman–Crippen MR) is 115 cm³/mol. The van der Waals surface area contributed by atoms with Crippen molar-refractivity contribution in [1.82, 2.24) is 9.80 Å². The lowest BCUT2D eigenvalue weighted by atomic mass is 9.95. The molecule has 2 heterocycles. The van der Waals surface area contributed by atoms with Crippen LogP contribution in [0.4, 0.5) is 10.5 Å². The van der Waals surface area contributed by atoms with Gasteiger partial charge in [0.1, 0.15) is 0 Å². The maximum absolute atomic E-state index is 12.8. The highest BCUT2D eigenvalue weighted by Crippen LogP contribution is 2.24. The van der Waals surface area contributed by atoms with Crippen LogP contribution in [0.3, 0.4) is 0 Å². The third-order valence-corrected chi connectivity index (χ3v) is 6.17. The summed E-state index contributed by atoms with van der Waals surface area (Å²) in [4.78, 5) is 17.4. The molecule has 1 atom stereocenters. The predicted octanol–water partition coefficient (Wildman–Crippen LogP) is 4.55. The van der Waals surface area contributed by atoms with Gasteiger partial charge in [-0.05, 0) is 54.4 Å². The van der Waals surface area contributed by atoms with Crippen molar-refractivity contribution in [3.05, 3.63) is 65.2 Å². The Kier molecular flexibility index (Phi) is 5.96. The molecule has 2 amide bonds. The van der Waals surface area contributed by atoms with E-state index in [0.717, 1.165) is 57.7 Å². The molecule has 0 unspecified atom stereocenters. The summed E-state index contributed by atoms with van der Waals surface area (Å²) in [6.45, 7) is 7.10. The number of urea groups is 1. The molecule has 0 aliphatic carbocycles. The van der Waals surface area contributed by atoms with Crippen LogP contribution in [0.5, 0.6) is 0 Å². The number of nitrogens with zero attached hydrogens (tertiary/aromatic N) is 2. The largest absolute Gasteiger partial charge is 0.324 e. The lowest BCUT2D eigenvalue weighted by Crippen LogP contribution is -2.46. The number of carbonyl (C=O) groups excluding carboxylic acids is 1. The van der Waals surface area contributed by atoms with E-state index in [1.165, 1.54) is 23.1 Å². The van der Waals surface area contributed by atoms with E-state index in [9.17, 15) is 4.79 Å². The van der Waals surface area contributed by atoms with Gasteiger partial charge < -0.3 is 10.2 Å². The molecule has 1 fully saturated rings. The summed E-state index contributed by atoms with van der Waals surface area (Å²) < 4.78 is 0. The zero-order valence-electron chi connectivity index (χ0n) is 16.9. The quantitative estimate of drug-likeness (QED) is 0.848. The van der Waals surface area contributed by atoms with Crippen molar-refractivity contribution >= 4 is 11.7 Å². The third-order valence-electron chi connectivity index (χ3n) is 6.17. The van der Waals surface area contributed by atoms with Crippen LogP contribution in [0.15, 0.2) is 48.5 Å². The molecule has 0 bridgehead atoms. The second-order valence-electron chi connectivity index (χ2n) is 8.15. The van der Waals surface area contributed by atoms with Crippen molar-refractivity contribution < 1.29 is 4.79 Å². The van der Waals surface area contributed by atoms with Crippen LogP contribution in [0.2, 0.25) is 0 Å². The number of benzene rings is 2. The minimum Gasteiger partial charge on any atom is -0.324 e. The number of hydrogen-bond acceptors (Lipinski definition) is 2. The summed E-state index contributed by atoms with van der Waals surface area (Å²) in [6.07, 6.45) is 4.38. The second kappa shape index (κ2) is 8.78. The van der Waals surface area contributed by atoms with Crippen molar-refractivity contribution in [2.75, 3.05) is 31.5 Å². The number of anilines is 1. The summed E-state index contributed by atoms with van der Waals surface area (Å²) in [7, 11) is 0. The Hall–Kier alpha value is -2.33. The SMILES string of the molecule is CCc1ccccc1NC(=O)N1CCC[C@H](CN2CCc3ccccc3C2)C1. The van der Waals surface area contributed by atoms with Crippen molar-refractivity contribution in [3.8, 4) is 0 Å². The Labute approximate surface area is 168 Å². The van der Waals surface area contributed by atoms with Gasteiger partial charge in [-0.25, -0.2) is 4.79 Å². The molecule has 2 aromatic carbocycles. The Balaban J connectivity index is 1.34. The first-order valence-electron chi connectivity index (χ1n) is 10.7. The smallest absolute Gasteiger partial charge is 0.321 e. The van der Waals surface area contributed by atoms with Gasteiger partial charge in [0.05, 0.1) is 0 Å². The number of aryl methyl sites for hydroxylation is 1. The van der Waals surface area contributed by atoms with Gasteiger partial charge in [0.15, 0.2) is 0 Å². The molecule has 0 spiro atoms. The highest BCUT2D eigenvalue weighted by atomic mass is 16.2. The fraction of sp³-hybridized carbons (Fsp3) is 0.458. The first kappa shape index (κ1) is 19.0. The van der Waals surface area contributed by atoms with Gasteiger partial charge in [0, 0.05) is 38.4 Å². The number of para-hydroxylation sites is 1. The number of piperidine rings is 1. The summed E-state index contributed by atoms with van der Waals surface area (Å²) in [5.41, 5.74) is 5.11. The molecule has 4 rings (SSSR count). The third kappa shape index (κ3) is 4.39. The molecule has 0 radical (unpaired) electrons. The average Bonchev–Trinajstić information content (AvgIpc) is 2.74. The summed E-state index contributed by atoms with van der Waals surface area (Å²) in [5.74, 6) is 0.561. The van der Waals surface area contributed by atoms with Gasteiger partial charge in [0.25, 0.3) is 0 Å². The van der Waals surface area contributed by atoms with Crippen molar-refractivity contribution in [2.45, 2.75) is 39.2 Å². The topological polar surface area (TPSA) is 35.6 Å². The fourth-order valence-corrected chi connectivity index (χ4v) is 4.62.